The molecule has 6 nitrogen and oxygen atoms in total. The molecule has 1 unspecified atom stereocenters. The summed E-state index contributed by atoms with van der Waals surface area (Å²) < 4.78 is 3.85. The van der Waals surface area contributed by atoms with Gasteiger partial charge in [0.05, 0.1) is 24.7 Å². The summed E-state index contributed by atoms with van der Waals surface area (Å²) in [6.45, 7) is 3.00. The van der Waals surface area contributed by atoms with Gasteiger partial charge in [-0.3, -0.25) is 9.58 Å². The van der Waals surface area contributed by atoms with Gasteiger partial charge in [0.15, 0.2) is 0 Å². The summed E-state index contributed by atoms with van der Waals surface area (Å²) in [5, 5.41) is 14.2. The zero-order valence-corrected chi connectivity index (χ0v) is 11.1. The highest BCUT2D eigenvalue weighted by Gasteiger charge is 2.21. The highest BCUT2D eigenvalue weighted by Crippen LogP contribution is 2.17. The minimum absolute atomic E-state index is 0.398. The van der Waals surface area contributed by atoms with Crippen molar-refractivity contribution < 1.29 is 5.11 Å². The topological polar surface area (TPSA) is 59.1 Å². The highest BCUT2D eigenvalue weighted by molar-refractivity contribution is 5.16. The summed E-state index contributed by atoms with van der Waals surface area (Å²) in [4.78, 5) is 6.67. The molecule has 0 saturated heterocycles. The number of nitrogens with zero attached hydrogens (tertiary/aromatic N) is 5. The van der Waals surface area contributed by atoms with Crippen molar-refractivity contribution in [1.29, 1.82) is 0 Å². The fraction of sp³-hybridized carbons (Fsp3) is 0.538. The van der Waals surface area contributed by atoms with Crippen LogP contribution in [-0.4, -0.2) is 48.5 Å². The van der Waals surface area contributed by atoms with Gasteiger partial charge in [0.1, 0.15) is 0 Å². The Bertz CT molecular complexity index is 533. The second-order valence-electron chi connectivity index (χ2n) is 5.12. The van der Waals surface area contributed by atoms with Crippen molar-refractivity contribution in [3.63, 3.8) is 0 Å². The minimum atomic E-state index is -0.398. The van der Waals surface area contributed by atoms with Crippen molar-refractivity contribution in [3.8, 4) is 0 Å². The molecule has 6 heteroatoms. The summed E-state index contributed by atoms with van der Waals surface area (Å²) in [7, 11) is 2.04. The number of hydrogen-bond donors (Lipinski definition) is 1. The van der Waals surface area contributed by atoms with Crippen LogP contribution >= 0.6 is 0 Å². The lowest BCUT2D eigenvalue weighted by molar-refractivity contribution is 0.0879. The van der Waals surface area contributed by atoms with Crippen LogP contribution in [-0.2, 0) is 26.6 Å². The van der Waals surface area contributed by atoms with E-state index in [-0.39, 0.29) is 0 Å². The molecule has 0 aliphatic carbocycles. The van der Waals surface area contributed by atoms with Crippen LogP contribution in [0.4, 0.5) is 0 Å². The number of fused-ring (bicyclic) bond motifs is 1. The van der Waals surface area contributed by atoms with Gasteiger partial charge in [0, 0.05) is 51.2 Å². The molecule has 102 valence electrons. The summed E-state index contributed by atoms with van der Waals surface area (Å²) in [5.74, 6) is 0. The third-order valence-electron chi connectivity index (χ3n) is 3.61. The second kappa shape index (κ2) is 5.14. The van der Waals surface area contributed by atoms with E-state index in [1.54, 1.807) is 10.9 Å². The van der Waals surface area contributed by atoms with Crippen molar-refractivity contribution in [3.05, 3.63) is 36.2 Å². The monoisotopic (exact) mass is 261 g/mol. The first kappa shape index (κ1) is 12.4. The molecule has 19 heavy (non-hydrogen) atoms. The van der Waals surface area contributed by atoms with E-state index in [4.69, 9.17) is 0 Å². The first-order valence-corrected chi connectivity index (χ1v) is 6.59. The minimum Gasteiger partial charge on any atom is -0.390 e. The molecule has 0 spiro atoms. The normalized spacial score (nSPS) is 17.4. The molecule has 1 aliphatic heterocycles. The van der Waals surface area contributed by atoms with Crippen molar-refractivity contribution in [2.24, 2.45) is 7.05 Å². The summed E-state index contributed by atoms with van der Waals surface area (Å²) in [6, 6.07) is 1.87. The Labute approximate surface area is 112 Å². The van der Waals surface area contributed by atoms with E-state index in [1.807, 2.05) is 25.6 Å². The molecular formula is C13H19N5O. The molecule has 3 rings (SSSR count). The van der Waals surface area contributed by atoms with Crippen LogP contribution in [0.15, 0.2) is 24.8 Å². The van der Waals surface area contributed by atoms with Crippen LogP contribution < -0.4 is 0 Å². The van der Waals surface area contributed by atoms with Gasteiger partial charge < -0.3 is 9.67 Å². The van der Waals surface area contributed by atoms with E-state index in [9.17, 15) is 5.11 Å². The zero-order valence-electron chi connectivity index (χ0n) is 11.1. The summed E-state index contributed by atoms with van der Waals surface area (Å²) in [6.07, 6.45) is 6.07. The number of β-amino-alcohol motifs (C(OH)–C–C–N with tert-alkyl or cyclic N) is 1. The molecule has 2 aromatic heterocycles. The average molecular weight is 261 g/mol. The standard InChI is InChI=1S/C13H19N5O/c1-16-10-14-12-9-17(6-3-13(12)16)7-11(19)8-18-5-2-4-15-18/h2,4-5,10-11,19H,3,6-9H2,1H3. The molecule has 0 saturated carbocycles. The van der Waals surface area contributed by atoms with E-state index in [0.29, 0.717) is 13.1 Å². The predicted molar refractivity (Wildman–Crippen MR) is 70.4 cm³/mol. The van der Waals surface area contributed by atoms with Gasteiger partial charge in [0.2, 0.25) is 0 Å². The fourth-order valence-electron chi connectivity index (χ4n) is 2.65. The number of rotatable bonds is 4. The summed E-state index contributed by atoms with van der Waals surface area (Å²) >= 11 is 0. The second-order valence-corrected chi connectivity index (χ2v) is 5.12. The van der Waals surface area contributed by atoms with Crippen molar-refractivity contribution >= 4 is 0 Å². The molecule has 0 amide bonds. The van der Waals surface area contributed by atoms with E-state index >= 15 is 0 Å². The Morgan fingerprint density at radius 3 is 3.11 bits per heavy atom. The van der Waals surface area contributed by atoms with E-state index in [1.165, 1.54) is 5.69 Å². The van der Waals surface area contributed by atoms with Crippen LogP contribution in [0.5, 0.6) is 0 Å². The number of aromatic nitrogens is 4. The maximum Gasteiger partial charge on any atom is 0.0949 e. The molecule has 3 heterocycles. The van der Waals surface area contributed by atoms with Crippen LogP contribution in [0.2, 0.25) is 0 Å². The highest BCUT2D eigenvalue weighted by atomic mass is 16.3. The number of aliphatic hydroxyl groups is 1. The lowest BCUT2D eigenvalue weighted by atomic mass is 10.1. The van der Waals surface area contributed by atoms with Crippen LogP contribution in [0, 0.1) is 0 Å². The van der Waals surface area contributed by atoms with Gasteiger partial charge in [0.25, 0.3) is 0 Å². The van der Waals surface area contributed by atoms with E-state index in [2.05, 4.69) is 19.5 Å². The van der Waals surface area contributed by atoms with Gasteiger partial charge in [-0.25, -0.2) is 4.98 Å². The summed E-state index contributed by atoms with van der Waals surface area (Å²) in [5.41, 5.74) is 2.46. The largest absolute Gasteiger partial charge is 0.390 e. The first-order valence-electron chi connectivity index (χ1n) is 6.59. The Kier molecular flexibility index (Phi) is 3.35. The maximum atomic E-state index is 10.1. The molecule has 0 radical (unpaired) electrons. The molecule has 0 fully saturated rings. The van der Waals surface area contributed by atoms with Crippen LogP contribution in [0.25, 0.3) is 0 Å². The van der Waals surface area contributed by atoms with Gasteiger partial charge in [-0.15, -0.1) is 0 Å². The molecule has 2 aromatic rings. The number of imidazole rings is 1. The molecule has 1 aliphatic rings. The number of hydrogen-bond acceptors (Lipinski definition) is 4. The zero-order chi connectivity index (χ0) is 13.2. The third kappa shape index (κ3) is 2.69. The van der Waals surface area contributed by atoms with Gasteiger partial charge in [-0.1, -0.05) is 0 Å². The Morgan fingerprint density at radius 1 is 1.42 bits per heavy atom. The van der Waals surface area contributed by atoms with Gasteiger partial charge in [-0.2, -0.15) is 5.10 Å². The quantitative estimate of drug-likeness (QED) is 0.844. The maximum absolute atomic E-state index is 10.1. The first-order chi connectivity index (χ1) is 9.22. The molecule has 1 N–H and O–H groups in total. The lowest BCUT2D eigenvalue weighted by Gasteiger charge is -2.28. The Balaban J connectivity index is 1.57. The third-order valence-corrected chi connectivity index (χ3v) is 3.61. The van der Waals surface area contributed by atoms with Crippen molar-refractivity contribution in [2.45, 2.75) is 25.6 Å². The van der Waals surface area contributed by atoms with Crippen molar-refractivity contribution in [2.75, 3.05) is 13.1 Å². The number of aryl methyl sites for hydroxylation is 1. The SMILES string of the molecule is Cn1cnc2c1CCN(CC(O)Cn1cccn1)C2. The van der Waals surface area contributed by atoms with Gasteiger partial charge in [-0.05, 0) is 6.07 Å². The van der Waals surface area contributed by atoms with Crippen molar-refractivity contribution in [1.82, 2.24) is 24.2 Å². The Hall–Kier alpha value is -1.66. The smallest absolute Gasteiger partial charge is 0.0949 e. The van der Waals surface area contributed by atoms with E-state index in [0.717, 1.165) is 25.2 Å². The molecular weight excluding hydrogens is 242 g/mol. The lowest BCUT2D eigenvalue weighted by Crippen LogP contribution is -2.38. The van der Waals surface area contributed by atoms with E-state index < -0.39 is 6.10 Å². The van der Waals surface area contributed by atoms with Gasteiger partial charge >= 0.3 is 0 Å². The predicted octanol–water partition coefficient (Wildman–Crippen LogP) is 0.0358. The molecule has 1 atom stereocenters. The van der Waals surface area contributed by atoms with Crippen LogP contribution in [0.1, 0.15) is 11.4 Å². The average Bonchev–Trinajstić information content (AvgIpc) is 3.00. The molecule has 0 bridgehead atoms. The van der Waals surface area contributed by atoms with Crippen LogP contribution in [0.3, 0.4) is 0 Å². The number of aliphatic hydroxyl groups excluding tert-OH is 1. The Morgan fingerprint density at radius 2 is 2.32 bits per heavy atom. The fourth-order valence-corrected chi connectivity index (χ4v) is 2.65. The molecule has 0 aromatic carbocycles.